The highest BCUT2D eigenvalue weighted by atomic mass is 19.1. The third-order valence-corrected chi connectivity index (χ3v) is 4.01. The lowest BCUT2D eigenvalue weighted by molar-refractivity contribution is -0.135. The normalized spacial score (nSPS) is 16.9. The van der Waals surface area contributed by atoms with Crippen LogP contribution < -0.4 is 4.74 Å². The molecule has 1 atom stereocenters. The zero-order chi connectivity index (χ0) is 18.0. The Balaban J connectivity index is 1.93. The first-order chi connectivity index (χ1) is 12.0. The summed E-state index contributed by atoms with van der Waals surface area (Å²) in [5.74, 6) is -1.72. The van der Waals surface area contributed by atoms with Crippen LogP contribution in [0.1, 0.15) is 34.1 Å². The molecule has 0 saturated heterocycles. The molecule has 0 aliphatic carbocycles. The number of para-hydroxylation sites is 1. The molecule has 0 bridgehead atoms. The van der Waals surface area contributed by atoms with Crippen LogP contribution in [0.25, 0.3) is 0 Å². The average Bonchev–Trinajstić information content (AvgIpc) is 2.72. The van der Waals surface area contributed by atoms with Crippen molar-refractivity contribution in [3.05, 3.63) is 65.5 Å². The fraction of sp³-hybridized carbons (Fsp3) is 0.211. The van der Waals surface area contributed by atoms with Crippen molar-refractivity contribution in [3.8, 4) is 5.75 Å². The van der Waals surface area contributed by atoms with Crippen molar-refractivity contribution < 1.29 is 23.5 Å². The Bertz CT molecular complexity index is 832. The Morgan fingerprint density at radius 3 is 2.48 bits per heavy atom. The minimum atomic E-state index is -0.839. The van der Waals surface area contributed by atoms with Gasteiger partial charge in [-0.3, -0.25) is 19.3 Å². The Morgan fingerprint density at radius 1 is 1.12 bits per heavy atom. The van der Waals surface area contributed by atoms with Crippen LogP contribution in [0.5, 0.6) is 5.75 Å². The van der Waals surface area contributed by atoms with Crippen LogP contribution in [0.4, 0.5) is 4.39 Å². The first-order valence-corrected chi connectivity index (χ1v) is 7.91. The number of carbonyl (C=O) groups excluding carboxylic acids is 3. The van der Waals surface area contributed by atoms with E-state index >= 15 is 0 Å². The van der Waals surface area contributed by atoms with E-state index in [1.165, 1.54) is 12.1 Å². The number of Topliss-reactive ketones (excluding diaryl/α,β-unsaturated/α-hetero) is 1. The molecule has 5 nitrogen and oxygen atoms in total. The molecule has 0 aromatic heterocycles. The van der Waals surface area contributed by atoms with Gasteiger partial charge in [-0.05, 0) is 42.8 Å². The van der Waals surface area contributed by atoms with Crippen molar-refractivity contribution in [2.24, 2.45) is 0 Å². The second-order valence-corrected chi connectivity index (χ2v) is 5.67. The van der Waals surface area contributed by atoms with E-state index < -0.39 is 36.1 Å². The van der Waals surface area contributed by atoms with Gasteiger partial charge in [0.05, 0.1) is 12.1 Å². The maximum atomic E-state index is 13.0. The van der Waals surface area contributed by atoms with E-state index in [0.717, 1.165) is 17.0 Å². The summed E-state index contributed by atoms with van der Waals surface area (Å²) in [5, 5.41) is 0. The van der Waals surface area contributed by atoms with E-state index in [2.05, 4.69) is 0 Å². The number of imide groups is 1. The van der Waals surface area contributed by atoms with Gasteiger partial charge < -0.3 is 4.74 Å². The fourth-order valence-corrected chi connectivity index (χ4v) is 2.65. The summed E-state index contributed by atoms with van der Waals surface area (Å²) in [6, 6.07) is 11.5. The monoisotopic (exact) mass is 341 g/mol. The summed E-state index contributed by atoms with van der Waals surface area (Å²) in [7, 11) is 0. The van der Waals surface area contributed by atoms with Gasteiger partial charge in [-0.1, -0.05) is 19.1 Å². The lowest BCUT2D eigenvalue weighted by atomic mass is 10.1. The average molecular weight is 341 g/mol. The summed E-state index contributed by atoms with van der Waals surface area (Å²) in [5.41, 5.74) is 0.465. The van der Waals surface area contributed by atoms with E-state index in [9.17, 15) is 18.8 Å². The quantitative estimate of drug-likeness (QED) is 0.634. The van der Waals surface area contributed by atoms with Gasteiger partial charge in [-0.15, -0.1) is 0 Å². The first kappa shape index (κ1) is 16.8. The highest BCUT2D eigenvalue weighted by molar-refractivity contribution is 6.12. The topological polar surface area (TPSA) is 63.7 Å². The highest BCUT2D eigenvalue weighted by Gasteiger charge is 2.36. The first-order valence-electron chi connectivity index (χ1n) is 7.91. The third-order valence-electron chi connectivity index (χ3n) is 4.01. The van der Waals surface area contributed by atoms with Gasteiger partial charge in [-0.25, -0.2) is 4.39 Å². The number of rotatable bonds is 4. The number of nitrogens with zero attached hydrogens (tertiary/aromatic N) is 1. The summed E-state index contributed by atoms with van der Waals surface area (Å²) in [6.45, 7) is 1.35. The molecule has 128 valence electrons. The number of ketones is 1. The van der Waals surface area contributed by atoms with Crippen LogP contribution in [-0.4, -0.2) is 35.1 Å². The van der Waals surface area contributed by atoms with Crippen LogP contribution >= 0.6 is 0 Å². The summed E-state index contributed by atoms with van der Waals surface area (Å²) >= 11 is 0. The Morgan fingerprint density at radius 2 is 1.80 bits per heavy atom. The SMILES string of the molecule is CC[C@H]1Oc2ccccc2C(=O)N(CC(=O)c2ccc(F)cc2)C1=O. The number of amides is 2. The van der Waals surface area contributed by atoms with Crippen molar-refractivity contribution in [2.75, 3.05) is 6.54 Å². The standard InChI is InChI=1S/C19H16FNO4/c1-2-16-19(24)21(11-15(22)12-7-9-13(20)10-8-12)18(23)14-5-3-4-6-17(14)25-16/h3-10,16H,2,11H2,1H3/t16-/m1/s1. The number of hydrogen-bond donors (Lipinski definition) is 0. The zero-order valence-corrected chi connectivity index (χ0v) is 13.6. The maximum absolute atomic E-state index is 13.0. The molecule has 0 unspecified atom stereocenters. The molecule has 0 N–H and O–H groups in total. The Labute approximate surface area is 144 Å². The van der Waals surface area contributed by atoms with Crippen LogP contribution in [0.15, 0.2) is 48.5 Å². The van der Waals surface area contributed by atoms with E-state index in [1.54, 1.807) is 31.2 Å². The highest BCUT2D eigenvalue weighted by Crippen LogP contribution is 2.26. The van der Waals surface area contributed by atoms with E-state index in [-0.39, 0.29) is 11.1 Å². The number of carbonyl (C=O) groups is 3. The number of benzene rings is 2. The number of fused-ring (bicyclic) bond motifs is 1. The zero-order valence-electron chi connectivity index (χ0n) is 13.6. The number of halogens is 1. The van der Waals surface area contributed by atoms with Gasteiger partial charge in [0.1, 0.15) is 11.6 Å². The lowest BCUT2D eigenvalue weighted by Crippen LogP contribution is -2.45. The van der Waals surface area contributed by atoms with E-state index in [0.29, 0.717) is 12.2 Å². The molecule has 2 amide bonds. The molecule has 25 heavy (non-hydrogen) atoms. The van der Waals surface area contributed by atoms with Crippen LogP contribution in [-0.2, 0) is 4.79 Å². The van der Waals surface area contributed by atoms with Crippen LogP contribution in [0.2, 0.25) is 0 Å². The molecule has 0 radical (unpaired) electrons. The van der Waals surface area contributed by atoms with Crippen LogP contribution in [0, 0.1) is 5.82 Å². The second-order valence-electron chi connectivity index (χ2n) is 5.67. The third kappa shape index (κ3) is 3.28. The summed E-state index contributed by atoms with van der Waals surface area (Å²) in [4.78, 5) is 38.7. The summed E-state index contributed by atoms with van der Waals surface area (Å²) in [6.07, 6.45) is -0.476. The molecule has 0 saturated carbocycles. The molecule has 0 spiro atoms. The van der Waals surface area contributed by atoms with Gasteiger partial charge >= 0.3 is 0 Å². The maximum Gasteiger partial charge on any atom is 0.270 e. The van der Waals surface area contributed by atoms with Gasteiger partial charge in [0.2, 0.25) is 0 Å². The van der Waals surface area contributed by atoms with Crippen LogP contribution in [0.3, 0.4) is 0 Å². The molecule has 2 aromatic carbocycles. The largest absolute Gasteiger partial charge is 0.480 e. The molecule has 2 aromatic rings. The molecule has 1 heterocycles. The minimum Gasteiger partial charge on any atom is -0.480 e. The summed E-state index contributed by atoms with van der Waals surface area (Å²) < 4.78 is 18.7. The Kier molecular flexibility index (Phi) is 4.61. The van der Waals surface area contributed by atoms with E-state index in [1.807, 2.05) is 0 Å². The number of ether oxygens (including phenoxy) is 1. The predicted octanol–water partition coefficient (Wildman–Crippen LogP) is 2.85. The van der Waals surface area contributed by atoms with Gasteiger partial charge in [0.25, 0.3) is 11.8 Å². The van der Waals surface area contributed by atoms with Crippen molar-refractivity contribution in [1.82, 2.24) is 4.90 Å². The molecular formula is C19H16FNO4. The molecular weight excluding hydrogens is 325 g/mol. The minimum absolute atomic E-state index is 0.230. The van der Waals surface area contributed by atoms with Crippen molar-refractivity contribution >= 4 is 17.6 Å². The fourth-order valence-electron chi connectivity index (χ4n) is 2.65. The van der Waals surface area contributed by atoms with Crippen molar-refractivity contribution in [3.63, 3.8) is 0 Å². The molecule has 0 fully saturated rings. The van der Waals surface area contributed by atoms with Crippen molar-refractivity contribution in [2.45, 2.75) is 19.4 Å². The lowest BCUT2D eigenvalue weighted by Gasteiger charge is -2.21. The van der Waals surface area contributed by atoms with E-state index in [4.69, 9.17) is 4.74 Å². The molecule has 1 aliphatic heterocycles. The van der Waals surface area contributed by atoms with Gasteiger partial charge in [0, 0.05) is 5.56 Å². The van der Waals surface area contributed by atoms with Gasteiger partial charge in [-0.2, -0.15) is 0 Å². The molecule has 1 aliphatic rings. The smallest absolute Gasteiger partial charge is 0.270 e. The van der Waals surface area contributed by atoms with Gasteiger partial charge in [0.15, 0.2) is 11.9 Å². The van der Waals surface area contributed by atoms with Crippen molar-refractivity contribution in [1.29, 1.82) is 0 Å². The number of hydrogen-bond acceptors (Lipinski definition) is 4. The molecule has 3 rings (SSSR count). The second kappa shape index (κ2) is 6.84. The molecule has 6 heteroatoms. The Hall–Kier alpha value is -3.02. The predicted molar refractivity (Wildman–Crippen MR) is 87.9 cm³/mol.